The predicted molar refractivity (Wildman–Crippen MR) is 78.0 cm³/mol. The van der Waals surface area contributed by atoms with E-state index < -0.39 is 0 Å². The van der Waals surface area contributed by atoms with Crippen molar-refractivity contribution in [2.75, 3.05) is 26.3 Å². The van der Waals surface area contributed by atoms with Crippen LogP contribution in [0.4, 0.5) is 0 Å². The molecule has 0 aliphatic carbocycles. The van der Waals surface area contributed by atoms with E-state index in [1.807, 2.05) is 24.3 Å². The molecule has 1 saturated heterocycles. The maximum Gasteiger partial charge on any atom is 0.239 e. The fourth-order valence-corrected chi connectivity index (χ4v) is 2.09. The molecule has 2 rings (SSSR count). The average Bonchev–Trinajstić information content (AvgIpc) is 2.40. The SMILES string of the molecule is Cl.O=C(NCCc1cccc(Cl)c1)C1COCCN1. The largest absolute Gasteiger partial charge is 0.378 e. The van der Waals surface area contributed by atoms with Crippen LogP contribution in [0.3, 0.4) is 0 Å². The van der Waals surface area contributed by atoms with Gasteiger partial charge >= 0.3 is 0 Å². The van der Waals surface area contributed by atoms with Crippen LogP contribution in [-0.2, 0) is 16.0 Å². The first-order valence-electron chi connectivity index (χ1n) is 6.09. The summed E-state index contributed by atoms with van der Waals surface area (Å²) >= 11 is 5.89. The van der Waals surface area contributed by atoms with Crippen molar-refractivity contribution >= 4 is 29.9 Å². The summed E-state index contributed by atoms with van der Waals surface area (Å²) in [5.41, 5.74) is 1.12. The van der Waals surface area contributed by atoms with E-state index in [-0.39, 0.29) is 24.4 Å². The number of amides is 1. The number of carbonyl (C=O) groups excluding carboxylic acids is 1. The van der Waals surface area contributed by atoms with Crippen molar-refractivity contribution in [1.29, 1.82) is 0 Å². The van der Waals surface area contributed by atoms with Crippen molar-refractivity contribution in [1.82, 2.24) is 10.6 Å². The molecule has 0 radical (unpaired) electrons. The number of hydrogen-bond acceptors (Lipinski definition) is 3. The number of ether oxygens (including phenoxy) is 1. The van der Waals surface area contributed by atoms with Gasteiger partial charge in [-0.05, 0) is 24.1 Å². The highest BCUT2D eigenvalue weighted by atomic mass is 35.5. The molecular weight excluding hydrogens is 287 g/mol. The van der Waals surface area contributed by atoms with E-state index in [1.54, 1.807) is 0 Å². The Balaban J connectivity index is 0.00000180. The van der Waals surface area contributed by atoms with E-state index in [4.69, 9.17) is 16.3 Å². The third kappa shape index (κ3) is 5.37. The first-order chi connectivity index (χ1) is 8.75. The zero-order valence-electron chi connectivity index (χ0n) is 10.5. The van der Waals surface area contributed by atoms with E-state index in [9.17, 15) is 4.79 Å². The highest BCUT2D eigenvalue weighted by molar-refractivity contribution is 6.30. The van der Waals surface area contributed by atoms with E-state index in [1.165, 1.54) is 0 Å². The third-order valence-electron chi connectivity index (χ3n) is 2.84. The molecule has 19 heavy (non-hydrogen) atoms. The fourth-order valence-electron chi connectivity index (χ4n) is 1.88. The molecule has 4 nitrogen and oxygen atoms in total. The van der Waals surface area contributed by atoms with Crippen molar-refractivity contribution in [2.24, 2.45) is 0 Å². The van der Waals surface area contributed by atoms with Crippen LogP contribution in [0.5, 0.6) is 0 Å². The number of nitrogens with one attached hydrogen (secondary N) is 2. The van der Waals surface area contributed by atoms with Crippen LogP contribution in [-0.4, -0.2) is 38.3 Å². The van der Waals surface area contributed by atoms with E-state index in [0.29, 0.717) is 19.8 Å². The second kappa shape index (κ2) is 8.38. The summed E-state index contributed by atoms with van der Waals surface area (Å²) in [4.78, 5) is 11.8. The average molecular weight is 305 g/mol. The highest BCUT2D eigenvalue weighted by Gasteiger charge is 2.20. The van der Waals surface area contributed by atoms with E-state index in [0.717, 1.165) is 23.6 Å². The van der Waals surface area contributed by atoms with Crippen molar-refractivity contribution in [3.05, 3.63) is 34.9 Å². The minimum Gasteiger partial charge on any atom is -0.378 e. The van der Waals surface area contributed by atoms with Gasteiger partial charge in [0, 0.05) is 18.1 Å². The Bertz CT molecular complexity index is 409. The first-order valence-corrected chi connectivity index (χ1v) is 6.47. The van der Waals surface area contributed by atoms with E-state index in [2.05, 4.69) is 10.6 Å². The number of rotatable bonds is 4. The Morgan fingerprint density at radius 3 is 3.05 bits per heavy atom. The van der Waals surface area contributed by atoms with Gasteiger partial charge in [0.05, 0.1) is 13.2 Å². The molecule has 1 heterocycles. The topological polar surface area (TPSA) is 50.4 Å². The highest BCUT2D eigenvalue weighted by Crippen LogP contribution is 2.10. The van der Waals surface area contributed by atoms with Crippen molar-refractivity contribution in [3.63, 3.8) is 0 Å². The van der Waals surface area contributed by atoms with Gasteiger partial charge in [-0.15, -0.1) is 12.4 Å². The monoisotopic (exact) mass is 304 g/mol. The molecule has 1 atom stereocenters. The van der Waals surface area contributed by atoms with Gasteiger partial charge in [-0.25, -0.2) is 0 Å². The van der Waals surface area contributed by atoms with Gasteiger partial charge in [0.2, 0.25) is 5.91 Å². The summed E-state index contributed by atoms with van der Waals surface area (Å²) < 4.78 is 5.24. The molecule has 0 spiro atoms. The molecule has 1 aromatic carbocycles. The van der Waals surface area contributed by atoms with Crippen LogP contribution in [0.15, 0.2) is 24.3 Å². The normalized spacial score (nSPS) is 18.5. The lowest BCUT2D eigenvalue weighted by atomic mass is 10.1. The van der Waals surface area contributed by atoms with Gasteiger partial charge in [0.15, 0.2) is 0 Å². The molecule has 106 valence electrons. The van der Waals surface area contributed by atoms with Gasteiger partial charge in [-0.2, -0.15) is 0 Å². The lowest BCUT2D eigenvalue weighted by Gasteiger charge is -2.22. The van der Waals surface area contributed by atoms with Gasteiger partial charge in [-0.1, -0.05) is 23.7 Å². The molecule has 2 N–H and O–H groups in total. The minimum atomic E-state index is -0.224. The molecule has 0 saturated carbocycles. The smallest absolute Gasteiger partial charge is 0.239 e. The molecule has 1 unspecified atom stereocenters. The number of hydrogen-bond donors (Lipinski definition) is 2. The summed E-state index contributed by atoms with van der Waals surface area (Å²) in [5.74, 6) is -0.00303. The van der Waals surface area contributed by atoms with Crippen LogP contribution < -0.4 is 10.6 Å². The Labute approximate surface area is 124 Å². The van der Waals surface area contributed by atoms with Crippen molar-refractivity contribution in [3.8, 4) is 0 Å². The molecule has 0 bridgehead atoms. The zero-order chi connectivity index (χ0) is 12.8. The van der Waals surface area contributed by atoms with Gasteiger partial charge in [0.1, 0.15) is 6.04 Å². The van der Waals surface area contributed by atoms with Gasteiger partial charge in [-0.3, -0.25) is 4.79 Å². The second-order valence-electron chi connectivity index (χ2n) is 4.25. The van der Waals surface area contributed by atoms with Crippen LogP contribution in [0, 0.1) is 0 Å². The standard InChI is InChI=1S/C13H17ClN2O2.ClH/c14-11-3-1-2-10(8-11)4-5-16-13(17)12-9-18-7-6-15-12;/h1-3,8,12,15H,4-7,9H2,(H,16,17);1H. The molecule has 1 amide bonds. The van der Waals surface area contributed by atoms with Crippen molar-refractivity contribution in [2.45, 2.75) is 12.5 Å². The summed E-state index contributed by atoms with van der Waals surface area (Å²) in [6.07, 6.45) is 0.778. The molecule has 6 heteroatoms. The number of morpholine rings is 1. The van der Waals surface area contributed by atoms with E-state index >= 15 is 0 Å². The Morgan fingerprint density at radius 2 is 2.37 bits per heavy atom. The van der Waals surface area contributed by atoms with Crippen LogP contribution >= 0.6 is 24.0 Å². The molecule has 0 aromatic heterocycles. The van der Waals surface area contributed by atoms with Crippen LogP contribution in [0.25, 0.3) is 0 Å². The Hall–Kier alpha value is -0.810. The summed E-state index contributed by atoms with van der Waals surface area (Å²) in [5, 5.41) is 6.74. The van der Waals surface area contributed by atoms with Crippen LogP contribution in [0.2, 0.25) is 5.02 Å². The maximum absolute atomic E-state index is 11.8. The maximum atomic E-state index is 11.8. The second-order valence-corrected chi connectivity index (χ2v) is 4.69. The summed E-state index contributed by atoms with van der Waals surface area (Å²) in [6.45, 7) is 2.46. The number of halogens is 2. The third-order valence-corrected chi connectivity index (χ3v) is 3.08. The quantitative estimate of drug-likeness (QED) is 0.884. The van der Waals surface area contributed by atoms with Crippen LogP contribution in [0.1, 0.15) is 5.56 Å². The summed E-state index contributed by atoms with van der Waals surface area (Å²) in [7, 11) is 0. The number of benzene rings is 1. The van der Waals surface area contributed by atoms with Crippen molar-refractivity contribution < 1.29 is 9.53 Å². The first kappa shape index (κ1) is 16.2. The molecule has 1 aliphatic heterocycles. The molecular formula is C13H18Cl2N2O2. The molecule has 1 aliphatic rings. The van der Waals surface area contributed by atoms with Gasteiger partial charge < -0.3 is 15.4 Å². The Kier molecular flexibility index (Phi) is 7.16. The Morgan fingerprint density at radius 1 is 1.53 bits per heavy atom. The fraction of sp³-hybridized carbons (Fsp3) is 0.462. The molecule has 1 aromatic rings. The number of carbonyl (C=O) groups is 1. The van der Waals surface area contributed by atoms with Gasteiger partial charge in [0.25, 0.3) is 0 Å². The summed E-state index contributed by atoms with van der Waals surface area (Å²) in [6, 6.07) is 7.44. The lowest BCUT2D eigenvalue weighted by molar-refractivity contribution is -0.125. The minimum absolute atomic E-state index is 0. The predicted octanol–water partition coefficient (Wildman–Crippen LogP) is 1.41. The lowest BCUT2D eigenvalue weighted by Crippen LogP contribution is -2.51. The zero-order valence-corrected chi connectivity index (χ0v) is 12.1. The molecule has 1 fully saturated rings.